The Morgan fingerprint density at radius 3 is 2.44 bits per heavy atom. The molecule has 18 heavy (non-hydrogen) atoms. The first-order chi connectivity index (χ1) is 8.49. The number of halogens is 4. The number of hydrogen-bond donors (Lipinski definition) is 0. The van der Waals surface area contributed by atoms with Crippen molar-refractivity contribution in [3.05, 3.63) is 46.9 Å². The summed E-state index contributed by atoms with van der Waals surface area (Å²) in [5.41, 5.74) is 0.839. The molecule has 0 amide bonds. The van der Waals surface area contributed by atoms with E-state index >= 15 is 0 Å². The van der Waals surface area contributed by atoms with E-state index in [9.17, 15) is 4.39 Å². The van der Waals surface area contributed by atoms with Gasteiger partial charge >= 0.3 is 0 Å². The number of rotatable bonds is 2. The van der Waals surface area contributed by atoms with E-state index in [0.29, 0.717) is 11.5 Å². The molecule has 1 aliphatic heterocycles. The highest BCUT2D eigenvalue weighted by Gasteiger charge is 2.59. The highest BCUT2D eigenvalue weighted by Crippen LogP contribution is 2.55. The van der Waals surface area contributed by atoms with Gasteiger partial charge in [-0.1, -0.05) is 46.9 Å². The van der Waals surface area contributed by atoms with Gasteiger partial charge in [0, 0.05) is 6.42 Å². The van der Waals surface area contributed by atoms with Crippen LogP contribution >= 0.6 is 34.8 Å². The van der Waals surface area contributed by atoms with Crippen molar-refractivity contribution < 1.29 is 9.23 Å². The van der Waals surface area contributed by atoms with Crippen molar-refractivity contribution in [2.24, 2.45) is 0 Å². The Hall–Kier alpha value is -0.480. The summed E-state index contributed by atoms with van der Waals surface area (Å²) in [5.74, 6) is -0.292. The number of hydrogen-bond acceptors (Lipinski definition) is 2. The Kier molecular flexibility index (Phi) is 2.98. The van der Waals surface area contributed by atoms with Crippen LogP contribution in [-0.4, -0.2) is 15.4 Å². The largest absolute Gasteiger partial charge is 0.411 e. The Bertz CT molecular complexity index is 503. The lowest BCUT2D eigenvalue weighted by Crippen LogP contribution is -2.28. The zero-order valence-electron chi connectivity index (χ0n) is 9.12. The van der Waals surface area contributed by atoms with Crippen LogP contribution in [0.25, 0.3) is 0 Å². The minimum atomic E-state index is -0.798. The molecule has 0 N–H and O–H groups in total. The second kappa shape index (κ2) is 4.27. The third kappa shape index (κ3) is 2.10. The lowest BCUT2D eigenvalue weighted by Gasteiger charge is -2.24. The zero-order valence-corrected chi connectivity index (χ0v) is 11.4. The SMILES string of the molecule is Fc1ccc(C2C(Cl)=CON2C2CC2(Cl)Cl)cc1. The molecule has 1 saturated carbocycles. The fraction of sp³-hybridized carbons (Fsp3) is 0.333. The van der Waals surface area contributed by atoms with Gasteiger partial charge in [-0.2, -0.15) is 0 Å². The van der Waals surface area contributed by atoms with E-state index in [0.717, 1.165) is 5.56 Å². The van der Waals surface area contributed by atoms with Crippen molar-refractivity contribution in [3.8, 4) is 0 Å². The average molecular weight is 309 g/mol. The van der Waals surface area contributed by atoms with E-state index in [2.05, 4.69) is 0 Å². The van der Waals surface area contributed by atoms with Crippen LogP contribution in [0.3, 0.4) is 0 Å². The fourth-order valence-corrected chi connectivity index (χ4v) is 2.78. The minimum Gasteiger partial charge on any atom is -0.411 e. The lowest BCUT2D eigenvalue weighted by atomic mass is 10.1. The Morgan fingerprint density at radius 1 is 1.28 bits per heavy atom. The first-order valence-corrected chi connectivity index (χ1v) is 6.56. The van der Waals surface area contributed by atoms with Gasteiger partial charge < -0.3 is 4.84 Å². The molecule has 6 heteroatoms. The normalized spacial score (nSPS) is 29.9. The smallest absolute Gasteiger partial charge is 0.138 e. The maximum atomic E-state index is 12.9. The van der Waals surface area contributed by atoms with Gasteiger partial charge in [0.25, 0.3) is 0 Å². The van der Waals surface area contributed by atoms with Gasteiger partial charge in [-0.3, -0.25) is 0 Å². The third-order valence-electron chi connectivity index (χ3n) is 3.09. The fourth-order valence-electron chi connectivity index (χ4n) is 2.04. The van der Waals surface area contributed by atoms with E-state index in [1.165, 1.54) is 18.4 Å². The third-order valence-corrected chi connectivity index (χ3v) is 4.20. The monoisotopic (exact) mass is 307 g/mol. The number of hydroxylamine groups is 2. The van der Waals surface area contributed by atoms with E-state index in [4.69, 9.17) is 39.6 Å². The predicted octanol–water partition coefficient (Wildman–Crippen LogP) is 4.14. The molecule has 0 spiro atoms. The van der Waals surface area contributed by atoms with E-state index in [1.54, 1.807) is 17.2 Å². The van der Waals surface area contributed by atoms with E-state index in [-0.39, 0.29) is 17.9 Å². The molecule has 0 aromatic heterocycles. The van der Waals surface area contributed by atoms with Crippen molar-refractivity contribution in [2.45, 2.75) is 22.8 Å². The molecular formula is C12H9Cl3FNO. The predicted molar refractivity (Wildman–Crippen MR) is 68.8 cm³/mol. The molecular weight excluding hydrogens is 299 g/mol. The van der Waals surface area contributed by atoms with Crippen molar-refractivity contribution in [2.75, 3.05) is 0 Å². The number of alkyl halides is 2. The van der Waals surface area contributed by atoms with Gasteiger partial charge in [-0.15, -0.1) is 5.06 Å². The molecule has 1 aromatic carbocycles. The molecule has 0 saturated heterocycles. The molecule has 3 rings (SSSR count). The molecule has 0 bridgehead atoms. The highest BCUT2D eigenvalue weighted by molar-refractivity contribution is 6.51. The Balaban J connectivity index is 1.88. The van der Waals surface area contributed by atoms with Gasteiger partial charge in [0.2, 0.25) is 0 Å². The Labute approximate surface area is 119 Å². The van der Waals surface area contributed by atoms with Crippen molar-refractivity contribution >= 4 is 34.8 Å². The topological polar surface area (TPSA) is 12.5 Å². The van der Waals surface area contributed by atoms with Crippen LogP contribution in [0, 0.1) is 5.82 Å². The first kappa shape index (κ1) is 12.5. The second-order valence-electron chi connectivity index (χ2n) is 4.40. The van der Waals surface area contributed by atoms with Gasteiger partial charge in [0.1, 0.15) is 22.5 Å². The molecule has 1 aliphatic carbocycles. The van der Waals surface area contributed by atoms with Crippen molar-refractivity contribution in [1.29, 1.82) is 0 Å². The minimum absolute atomic E-state index is 0.108. The second-order valence-corrected chi connectivity index (χ2v) is 6.38. The van der Waals surface area contributed by atoms with Gasteiger partial charge in [0.15, 0.2) is 0 Å². The maximum absolute atomic E-state index is 12.9. The van der Waals surface area contributed by atoms with Crippen LogP contribution in [0.4, 0.5) is 4.39 Å². The van der Waals surface area contributed by atoms with Crippen LogP contribution in [0.2, 0.25) is 0 Å². The average Bonchev–Trinajstić information content (AvgIpc) is 2.78. The molecule has 2 atom stereocenters. The Morgan fingerprint density at radius 2 is 1.89 bits per heavy atom. The molecule has 96 valence electrons. The van der Waals surface area contributed by atoms with Crippen LogP contribution < -0.4 is 0 Å². The molecule has 0 radical (unpaired) electrons. The summed E-state index contributed by atoms with van der Waals surface area (Å²) in [4.78, 5) is 5.40. The van der Waals surface area contributed by atoms with Crippen LogP contribution in [0.5, 0.6) is 0 Å². The quantitative estimate of drug-likeness (QED) is 0.761. The summed E-state index contributed by atoms with van der Waals surface area (Å²) in [5, 5.41) is 2.19. The molecule has 1 heterocycles. The maximum Gasteiger partial charge on any atom is 0.138 e. The van der Waals surface area contributed by atoms with E-state index < -0.39 is 4.33 Å². The molecule has 2 nitrogen and oxygen atoms in total. The molecule has 1 fully saturated rings. The summed E-state index contributed by atoms with van der Waals surface area (Å²) in [6, 6.07) is 5.73. The summed E-state index contributed by atoms with van der Waals surface area (Å²) in [6.45, 7) is 0. The van der Waals surface area contributed by atoms with Gasteiger partial charge in [-0.25, -0.2) is 4.39 Å². The summed E-state index contributed by atoms with van der Waals surface area (Å²) >= 11 is 18.2. The van der Waals surface area contributed by atoms with Gasteiger partial charge in [-0.05, 0) is 17.7 Å². The summed E-state index contributed by atoms with van der Waals surface area (Å²) in [6.07, 6.45) is 2.07. The molecule has 2 unspecified atom stereocenters. The van der Waals surface area contributed by atoms with Crippen molar-refractivity contribution in [3.63, 3.8) is 0 Å². The van der Waals surface area contributed by atoms with Crippen LogP contribution in [0.15, 0.2) is 35.6 Å². The van der Waals surface area contributed by atoms with Crippen molar-refractivity contribution in [1.82, 2.24) is 5.06 Å². The summed E-state index contributed by atoms with van der Waals surface area (Å²) < 4.78 is 12.1. The molecule has 2 aliphatic rings. The van der Waals surface area contributed by atoms with E-state index in [1.807, 2.05) is 0 Å². The lowest BCUT2D eigenvalue weighted by molar-refractivity contribution is -0.114. The summed E-state index contributed by atoms with van der Waals surface area (Å²) in [7, 11) is 0. The zero-order chi connectivity index (χ0) is 12.9. The number of nitrogens with zero attached hydrogens (tertiary/aromatic N) is 1. The van der Waals surface area contributed by atoms with Crippen LogP contribution in [0.1, 0.15) is 18.0 Å². The number of benzene rings is 1. The highest BCUT2D eigenvalue weighted by atomic mass is 35.5. The van der Waals surface area contributed by atoms with Crippen LogP contribution in [-0.2, 0) is 4.84 Å². The standard InChI is InChI=1S/C12H9Cl3FNO/c13-9-6-18-17(10-5-12(10,14)15)11(9)7-1-3-8(16)4-2-7/h1-4,6,10-11H,5H2. The van der Waals surface area contributed by atoms with Gasteiger partial charge in [0.05, 0.1) is 11.1 Å². The first-order valence-electron chi connectivity index (χ1n) is 5.43. The molecule has 1 aromatic rings.